The van der Waals surface area contributed by atoms with Crippen molar-refractivity contribution < 1.29 is 9.52 Å². The summed E-state index contributed by atoms with van der Waals surface area (Å²) in [5.74, 6) is 1.20. The number of aromatic nitrogens is 3. The fourth-order valence-electron chi connectivity index (χ4n) is 2.64. The summed E-state index contributed by atoms with van der Waals surface area (Å²) in [6, 6.07) is 12.4. The number of pyridine rings is 1. The van der Waals surface area contributed by atoms with Crippen molar-refractivity contribution in [1.29, 1.82) is 0 Å². The Morgan fingerprint density at radius 3 is 2.54 bits per heavy atom. The molecule has 3 heterocycles. The van der Waals surface area contributed by atoms with E-state index in [1.54, 1.807) is 37.0 Å². The van der Waals surface area contributed by atoms with Crippen molar-refractivity contribution in [2.75, 3.05) is 5.32 Å². The Bertz CT molecular complexity index is 955. The van der Waals surface area contributed by atoms with E-state index in [0.29, 0.717) is 22.8 Å². The van der Waals surface area contributed by atoms with Crippen molar-refractivity contribution in [3.63, 3.8) is 0 Å². The van der Waals surface area contributed by atoms with Crippen LogP contribution in [0.5, 0.6) is 5.75 Å². The average molecular weight is 318 g/mol. The highest BCUT2D eigenvalue weighted by atomic mass is 16.3. The quantitative estimate of drug-likeness (QED) is 0.599. The molecule has 6 heteroatoms. The van der Waals surface area contributed by atoms with Gasteiger partial charge in [0.15, 0.2) is 0 Å². The van der Waals surface area contributed by atoms with E-state index in [2.05, 4.69) is 20.3 Å². The lowest BCUT2D eigenvalue weighted by Crippen LogP contribution is -2.14. The Morgan fingerprint density at radius 1 is 0.917 bits per heavy atom. The van der Waals surface area contributed by atoms with Crippen molar-refractivity contribution in [3.05, 3.63) is 78.6 Å². The Balaban J connectivity index is 1.83. The minimum atomic E-state index is -0.436. The summed E-state index contributed by atoms with van der Waals surface area (Å²) in [6.07, 6.45) is 6.54. The number of benzene rings is 1. The Morgan fingerprint density at radius 2 is 1.75 bits per heavy atom. The molecule has 0 aliphatic carbocycles. The minimum absolute atomic E-state index is 0.109. The summed E-state index contributed by atoms with van der Waals surface area (Å²) in [7, 11) is 0. The molecule has 0 radical (unpaired) electrons. The zero-order chi connectivity index (χ0) is 16.4. The second-order valence-electron chi connectivity index (χ2n) is 5.24. The zero-order valence-electron chi connectivity index (χ0n) is 12.6. The van der Waals surface area contributed by atoms with Crippen LogP contribution in [0.25, 0.3) is 10.9 Å². The second-order valence-corrected chi connectivity index (χ2v) is 5.24. The lowest BCUT2D eigenvalue weighted by molar-refractivity contribution is 0.458. The number of aromatic hydroxyl groups is 1. The van der Waals surface area contributed by atoms with Crippen LogP contribution in [0.15, 0.2) is 71.7 Å². The third kappa shape index (κ3) is 2.54. The first-order valence-corrected chi connectivity index (χ1v) is 7.46. The molecular formula is C18H14N4O2. The molecule has 1 aromatic carbocycles. The first-order chi connectivity index (χ1) is 11.8. The minimum Gasteiger partial charge on any atom is -0.505 e. The van der Waals surface area contributed by atoms with Gasteiger partial charge in [0.1, 0.15) is 23.1 Å². The molecule has 118 valence electrons. The van der Waals surface area contributed by atoms with Crippen molar-refractivity contribution >= 4 is 16.9 Å². The topological polar surface area (TPSA) is 84.1 Å². The lowest BCUT2D eigenvalue weighted by atomic mass is 10.0. The molecule has 0 unspecified atom stereocenters. The summed E-state index contributed by atoms with van der Waals surface area (Å²) >= 11 is 0. The Labute approximate surface area is 137 Å². The van der Waals surface area contributed by atoms with E-state index >= 15 is 0 Å². The summed E-state index contributed by atoms with van der Waals surface area (Å²) in [5.41, 5.74) is 1.19. The van der Waals surface area contributed by atoms with Gasteiger partial charge in [0.05, 0.1) is 6.26 Å². The van der Waals surface area contributed by atoms with E-state index in [-0.39, 0.29) is 5.75 Å². The molecule has 0 saturated carbocycles. The number of phenols is 1. The SMILES string of the molecule is Oc1c([C@H](Nc2ncccn2)c2ccco2)ccc2cccnc12. The maximum Gasteiger partial charge on any atom is 0.223 e. The van der Waals surface area contributed by atoms with E-state index in [0.717, 1.165) is 5.39 Å². The number of phenolic OH excluding ortho intramolecular Hbond substituents is 1. The number of anilines is 1. The zero-order valence-corrected chi connectivity index (χ0v) is 12.6. The highest BCUT2D eigenvalue weighted by Crippen LogP contribution is 2.35. The Kier molecular flexibility index (Phi) is 3.55. The summed E-state index contributed by atoms with van der Waals surface area (Å²) in [6.45, 7) is 0. The molecular weight excluding hydrogens is 304 g/mol. The first-order valence-electron chi connectivity index (χ1n) is 7.46. The third-order valence-electron chi connectivity index (χ3n) is 3.76. The average Bonchev–Trinajstić information content (AvgIpc) is 3.16. The maximum atomic E-state index is 10.7. The number of furan rings is 1. The largest absolute Gasteiger partial charge is 0.505 e. The summed E-state index contributed by atoms with van der Waals surface area (Å²) < 4.78 is 5.54. The van der Waals surface area contributed by atoms with Gasteiger partial charge in [-0.3, -0.25) is 4.98 Å². The van der Waals surface area contributed by atoms with Gasteiger partial charge in [0.25, 0.3) is 0 Å². The molecule has 0 fully saturated rings. The highest BCUT2D eigenvalue weighted by molar-refractivity contribution is 5.85. The predicted molar refractivity (Wildman–Crippen MR) is 89.6 cm³/mol. The van der Waals surface area contributed by atoms with Crippen LogP contribution in [0, 0.1) is 0 Å². The monoisotopic (exact) mass is 318 g/mol. The number of fused-ring (bicyclic) bond motifs is 1. The van der Waals surface area contributed by atoms with Gasteiger partial charge >= 0.3 is 0 Å². The van der Waals surface area contributed by atoms with E-state index in [9.17, 15) is 5.11 Å². The van der Waals surface area contributed by atoms with Crippen LogP contribution in [0.2, 0.25) is 0 Å². The van der Waals surface area contributed by atoms with Gasteiger partial charge < -0.3 is 14.8 Å². The van der Waals surface area contributed by atoms with Crippen LogP contribution in [-0.2, 0) is 0 Å². The molecule has 3 aromatic heterocycles. The molecule has 24 heavy (non-hydrogen) atoms. The van der Waals surface area contributed by atoms with E-state index in [4.69, 9.17) is 4.42 Å². The fourth-order valence-corrected chi connectivity index (χ4v) is 2.64. The second kappa shape index (κ2) is 6.00. The predicted octanol–water partition coefficient (Wildman–Crippen LogP) is 3.52. The van der Waals surface area contributed by atoms with Crippen LogP contribution < -0.4 is 5.32 Å². The van der Waals surface area contributed by atoms with Crippen LogP contribution in [-0.4, -0.2) is 20.1 Å². The normalized spacial score (nSPS) is 12.2. The van der Waals surface area contributed by atoms with Crippen LogP contribution in [0.1, 0.15) is 17.4 Å². The van der Waals surface area contributed by atoms with Gasteiger partial charge in [-0.1, -0.05) is 18.2 Å². The molecule has 0 aliphatic heterocycles. The van der Waals surface area contributed by atoms with Gasteiger partial charge in [-0.2, -0.15) is 0 Å². The smallest absolute Gasteiger partial charge is 0.223 e. The van der Waals surface area contributed by atoms with Crippen molar-refractivity contribution in [3.8, 4) is 5.75 Å². The highest BCUT2D eigenvalue weighted by Gasteiger charge is 2.22. The van der Waals surface area contributed by atoms with E-state index in [1.165, 1.54) is 0 Å². The van der Waals surface area contributed by atoms with Gasteiger partial charge in [0.2, 0.25) is 5.95 Å². The maximum absolute atomic E-state index is 10.7. The molecule has 0 aliphatic rings. The van der Waals surface area contributed by atoms with Crippen molar-refractivity contribution in [1.82, 2.24) is 15.0 Å². The Hall–Kier alpha value is -3.41. The summed E-state index contributed by atoms with van der Waals surface area (Å²) in [5, 5.41) is 14.8. The third-order valence-corrected chi connectivity index (χ3v) is 3.76. The molecule has 0 bridgehead atoms. The number of hydrogen-bond donors (Lipinski definition) is 2. The molecule has 4 rings (SSSR count). The fraction of sp³-hybridized carbons (Fsp3) is 0.0556. The van der Waals surface area contributed by atoms with Crippen LogP contribution in [0.3, 0.4) is 0 Å². The number of nitrogens with zero attached hydrogens (tertiary/aromatic N) is 3. The number of nitrogens with one attached hydrogen (secondary N) is 1. The molecule has 1 atom stereocenters. The van der Waals surface area contributed by atoms with Gasteiger partial charge in [0, 0.05) is 29.5 Å². The van der Waals surface area contributed by atoms with Gasteiger partial charge in [-0.25, -0.2) is 9.97 Å². The van der Waals surface area contributed by atoms with Crippen molar-refractivity contribution in [2.45, 2.75) is 6.04 Å². The number of hydrogen-bond acceptors (Lipinski definition) is 6. The molecule has 4 aromatic rings. The van der Waals surface area contributed by atoms with E-state index in [1.807, 2.05) is 30.3 Å². The molecule has 6 nitrogen and oxygen atoms in total. The molecule has 0 spiro atoms. The van der Waals surface area contributed by atoms with Crippen LogP contribution >= 0.6 is 0 Å². The van der Waals surface area contributed by atoms with E-state index < -0.39 is 6.04 Å². The molecule has 0 saturated heterocycles. The van der Waals surface area contributed by atoms with Crippen LogP contribution in [0.4, 0.5) is 5.95 Å². The van der Waals surface area contributed by atoms with Gasteiger partial charge in [-0.15, -0.1) is 0 Å². The summed E-state index contributed by atoms with van der Waals surface area (Å²) in [4.78, 5) is 12.6. The lowest BCUT2D eigenvalue weighted by Gasteiger charge is -2.18. The van der Waals surface area contributed by atoms with Gasteiger partial charge in [-0.05, 0) is 24.3 Å². The van der Waals surface area contributed by atoms with Crippen molar-refractivity contribution in [2.24, 2.45) is 0 Å². The molecule has 2 N–H and O–H groups in total. The number of rotatable bonds is 4. The molecule has 0 amide bonds. The first kappa shape index (κ1) is 14.2. The standard InChI is InChI=1S/C18H14N4O2/c23-17-13(7-6-12-4-1-8-19-15(12)17)16(14-5-2-11-24-14)22-18-20-9-3-10-21-18/h1-11,16,23H,(H,20,21,22)/t16-/m0/s1.